The van der Waals surface area contributed by atoms with Gasteiger partial charge in [0.2, 0.25) is 17.3 Å². The number of hydrogen-bond donors (Lipinski definition) is 3. The number of aliphatic hydroxyl groups excluding tert-OH is 2. The zero-order valence-electron chi connectivity index (χ0n) is 26.0. The molecule has 0 bridgehead atoms. The predicted molar refractivity (Wildman–Crippen MR) is 175 cm³/mol. The predicted octanol–water partition coefficient (Wildman–Crippen LogP) is 5.71. The van der Waals surface area contributed by atoms with E-state index in [9.17, 15) is 24.6 Å². The van der Waals surface area contributed by atoms with Crippen LogP contribution < -0.4 is 19.5 Å². The second-order valence-electron chi connectivity index (χ2n) is 11.4. The number of nitrogens with one attached hydrogen (secondary N) is 1. The SMILES string of the molecule is COc1cc(OC)c2c(c1Cl)O[C@]1(C2=O)C(O)=C(C(CC(=O)NC(CO)Cc2ccccc2)c2ccc(SC)cc2)C(=O)C[C@H]1C. The molecule has 3 N–H and O–H groups in total. The van der Waals surface area contributed by atoms with Gasteiger partial charge in [0.25, 0.3) is 0 Å². The lowest BCUT2D eigenvalue weighted by Crippen LogP contribution is -2.53. The molecule has 1 spiro atoms. The number of aliphatic hydroxyl groups is 2. The summed E-state index contributed by atoms with van der Waals surface area (Å²) in [5.74, 6) is -3.40. The molecular formula is C35H36ClNO8S. The molecule has 3 aromatic rings. The monoisotopic (exact) mass is 665 g/mol. The Morgan fingerprint density at radius 3 is 2.39 bits per heavy atom. The Bertz CT molecular complexity index is 1680. The number of Topliss-reactive ketones (excluding diaryl/α,β-unsaturated/α-hetero) is 2. The van der Waals surface area contributed by atoms with Gasteiger partial charge >= 0.3 is 0 Å². The molecule has 3 aromatic carbocycles. The zero-order valence-corrected chi connectivity index (χ0v) is 27.5. The van der Waals surface area contributed by atoms with Gasteiger partial charge in [-0.15, -0.1) is 11.8 Å². The van der Waals surface area contributed by atoms with Crippen molar-refractivity contribution in [2.45, 2.75) is 48.6 Å². The summed E-state index contributed by atoms with van der Waals surface area (Å²) in [4.78, 5) is 42.7. The summed E-state index contributed by atoms with van der Waals surface area (Å²) in [6, 6.07) is 17.7. The molecule has 5 rings (SSSR count). The number of allylic oxidation sites excluding steroid dienone is 1. The van der Waals surface area contributed by atoms with Crippen LogP contribution in [0, 0.1) is 5.92 Å². The lowest BCUT2D eigenvalue weighted by Gasteiger charge is -2.38. The van der Waals surface area contributed by atoms with Crippen molar-refractivity contribution in [3.05, 3.63) is 93.7 Å². The van der Waals surface area contributed by atoms with Crippen LogP contribution in [0.15, 0.2) is 76.9 Å². The summed E-state index contributed by atoms with van der Waals surface area (Å²) in [5, 5.41) is 25.0. The molecule has 9 nitrogen and oxygen atoms in total. The van der Waals surface area contributed by atoms with Gasteiger partial charge in [0, 0.05) is 41.2 Å². The number of amides is 1. The number of benzene rings is 3. The minimum absolute atomic E-state index is 0.0136. The van der Waals surface area contributed by atoms with Gasteiger partial charge in [-0.05, 0) is 35.9 Å². The molecule has 0 fully saturated rings. The first-order valence-electron chi connectivity index (χ1n) is 14.8. The molecule has 4 atom stereocenters. The van der Waals surface area contributed by atoms with Crippen LogP contribution in [0.25, 0.3) is 0 Å². The first-order chi connectivity index (χ1) is 22.1. The highest BCUT2D eigenvalue weighted by Crippen LogP contribution is 2.55. The molecule has 0 aromatic heterocycles. The maximum absolute atomic E-state index is 14.3. The molecule has 0 saturated carbocycles. The van der Waals surface area contributed by atoms with Crippen molar-refractivity contribution in [3.63, 3.8) is 0 Å². The van der Waals surface area contributed by atoms with Crippen molar-refractivity contribution >= 4 is 40.8 Å². The van der Waals surface area contributed by atoms with Gasteiger partial charge in [0.1, 0.15) is 22.1 Å². The number of methoxy groups -OCH3 is 2. The Kier molecular flexibility index (Phi) is 10.0. The van der Waals surface area contributed by atoms with Gasteiger partial charge in [-0.25, -0.2) is 0 Å². The van der Waals surface area contributed by atoms with Crippen LogP contribution in [-0.4, -0.2) is 66.4 Å². The third-order valence-corrected chi connectivity index (χ3v) is 9.78. The van der Waals surface area contributed by atoms with E-state index < -0.39 is 46.7 Å². The Balaban J connectivity index is 1.58. The highest BCUT2D eigenvalue weighted by Gasteiger charge is 2.61. The summed E-state index contributed by atoms with van der Waals surface area (Å²) in [6.45, 7) is 1.35. The van der Waals surface area contributed by atoms with E-state index in [4.69, 9.17) is 25.8 Å². The van der Waals surface area contributed by atoms with E-state index in [-0.39, 0.29) is 52.9 Å². The molecule has 11 heteroatoms. The number of hydrogen-bond acceptors (Lipinski definition) is 9. The fourth-order valence-electron chi connectivity index (χ4n) is 6.29. The Morgan fingerprint density at radius 2 is 1.78 bits per heavy atom. The van der Waals surface area contributed by atoms with Crippen molar-refractivity contribution in [2.24, 2.45) is 5.92 Å². The van der Waals surface area contributed by atoms with Crippen molar-refractivity contribution in [1.29, 1.82) is 0 Å². The Morgan fingerprint density at radius 1 is 1.11 bits per heavy atom. The molecule has 1 amide bonds. The van der Waals surface area contributed by atoms with E-state index in [0.717, 1.165) is 10.5 Å². The summed E-state index contributed by atoms with van der Waals surface area (Å²) >= 11 is 8.12. The molecule has 2 unspecified atom stereocenters. The highest BCUT2D eigenvalue weighted by atomic mass is 35.5. The summed E-state index contributed by atoms with van der Waals surface area (Å²) in [6.07, 6.45) is 1.96. The van der Waals surface area contributed by atoms with Gasteiger partial charge < -0.3 is 29.7 Å². The lowest BCUT2D eigenvalue weighted by molar-refractivity contribution is -0.122. The van der Waals surface area contributed by atoms with Crippen LogP contribution in [-0.2, 0) is 16.0 Å². The molecule has 1 aliphatic heterocycles. The minimum Gasteiger partial charge on any atom is -0.507 e. The van der Waals surface area contributed by atoms with E-state index in [0.29, 0.717) is 12.0 Å². The molecule has 0 radical (unpaired) electrons. The van der Waals surface area contributed by atoms with Gasteiger partial charge in [-0.1, -0.05) is 61.0 Å². The fourth-order valence-corrected chi connectivity index (χ4v) is 6.97. The van der Waals surface area contributed by atoms with E-state index in [1.54, 1.807) is 19.1 Å². The normalized spacial score (nSPS) is 20.3. The maximum Gasteiger partial charge on any atom is 0.231 e. The van der Waals surface area contributed by atoms with Crippen LogP contribution >= 0.6 is 23.4 Å². The third kappa shape index (κ3) is 5.97. The first-order valence-corrected chi connectivity index (χ1v) is 16.4. The van der Waals surface area contributed by atoms with Gasteiger partial charge in [0.15, 0.2) is 17.3 Å². The molecular weight excluding hydrogens is 630 g/mol. The maximum atomic E-state index is 14.3. The van der Waals surface area contributed by atoms with E-state index >= 15 is 0 Å². The number of carbonyl (C=O) groups excluding carboxylic acids is 3. The summed E-state index contributed by atoms with van der Waals surface area (Å²) in [7, 11) is 2.80. The van der Waals surface area contributed by atoms with Crippen LogP contribution in [0.1, 0.15) is 47.2 Å². The molecule has 242 valence electrons. The van der Waals surface area contributed by atoms with E-state index in [1.807, 2.05) is 48.7 Å². The molecule has 1 heterocycles. The van der Waals surface area contributed by atoms with Crippen LogP contribution in [0.2, 0.25) is 5.02 Å². The van der Waals surface area contributed by atoms with Crippen LogP contribution in [0.4, 0.5) is 0 Å². The van der Waals surface area contributed by atoms with Crippen LogP contribution in [0.5, 0.6) is 17.2 Å². The second kappa shape index (κ2) is 13.8. The number of ketones is 2. The van der Waals surface area contributed by atoms with Crippen molar-refractivity contribution in [2.75, 3.05) is 27.1 Å². The van der Waals surface area contributed by atoms with E-state index in [2.05, 4.69) is 5.32 Å². The number of ether oxygens (including phenoxy) is 3. The van der Waals surface area contributed by atoms with Gasteiger partial charge in [0.05, 0.1) is 26.9 Å². The number of thioether (sulfide) groups is 1. The molecule has 2 aliphatic rings. The topological polar surface area (TPSA) is 131 Å². The lowest BCUT2D eigenvalue weighted by atomic mass is 9.69. The fraction of sp³-hybridized carbons (Fsp3) is 0.343. The summed E-state index contributed by atoms with van der Waals surface area (Å²) < 4.78 is 17.1. The van der Waals surface area contributed by atoms with Gasteiger partial charge in [-0.3, -0.25) is 14.4 Å². The number of halogens is 1. The second-order valence-corrected chi connectivity index (χ2v) is 12.7. The Hall–Kier alpha value is -3.99. The van der Waals surface area contributed by atoms with Crippen molar-refractivity contribution in [1.82, 2.24) is 5.32 Å². The van der Waals surface area contributed by atoms with Crippen molar-refractivity contribution in [3.8, 4) is 17.2 Å². The zero-order chi connectivity index (χ0) is 33.2. The number of fused-ring (bicyclic) bond motifs is 1. The van der Waals surface area contributed by atoms with Crippen LogP contribution in [0.3, 0.4) is 0 Å². The largest absolute Gasteiger partial charge is 0.507 e. The van der Waals surface area contributed by atoms with Crippen molar-refractivity contribution < 1.29 is 38.8 Å². The first kappa shape index (κ1) is 33.4. The van der Waals surface area contributed by atoms with E-state index in [1.165, 1.54) is 32.0 Å². The van der Waals surface area contributed by atoms with Gasteiger partial charge in [-0.2, -0.15) is 0 Å². The third-order valence-electron chi connectivity index (χ3n) is 8.68. The minimum atomic E-state index is -1.98. The Labute approximate surface area is 276 Å². The number of rotatable bonds is 11. The smallest absolute Gasteiger partial charge is 0.231 e. The average molecular weight is 666 g/mol. The summed E-state index contributed by atoms with van der Waals surface area (Å²) in [5.41, 5.74) is -0.505. The molecule has 1 aliphatic carbocycles. The molecule has 46 heavy (non-hydrogen) atoms. The standard InChI is InChI=1S/C35H36ClNO8S/c1-19-14-25(39)29(33(41)35(19)34(42)30-26(43-2)17-27(44-3)31(36)32(30)45-35)24(21-10-12-23(46-4)13-11-21)16-28(40)37-22(18-38)15-20-8-6-5-7-9-20/h5-13,17,19,22,24,38,41H,14-16,18H2,1-4H3,(H,37,40)/t19-,22?,24?,35+/m1/s1. The number of carbonyl (C=O) groups is 3. The quantitative estimate of drug-likeness (QED) is 0.221. The average Bonchev–Trinajstić information content (AvgIpc) is 3.38. The highest BCUT2D eigenvalue weighted by molar-refractivity contribution is 7.98. The molecule has 0 saturated heterocycles.